The summed E-state index contributed by atoms with van der Waals surface area (Å²) in [5.41, 5.74) is 3.81. The zero-order valence-corrected chi connectivity index (χ0v) is 20.8. The second-order valence-corrected chi connectivity index (χ2v) is 10.6. The lowest BCUT2D eigenvalue weighted by Gasteiger charge is -2.60. The molecule has 5 nitrogen and oxygen atoms in total. The maximum atomic E-state index is 13.7. The highest BCUT2D eigenvalue weighted by atomic mass is 16.3. The van der Waals surface area contributed by atoms with Crippen LogP contribution in [0.15, 0.2) is 72.8 Å². The molecule has 2 aliphatic rings. The summed E-state index contributed by atoms with van der Waals surface area (Å²) in [6.45, 7) is 7.41. The monoisotopic (exact) mass is 468 g/mol. The van der Waals surface area contributed by atoms with E-state index < -0.39 is 0 Å². The minimum absolute atomic E-state index is 0.0277. The molecule has 3 aromatic carbocycles. The Morgan fingerprint density at radius 3 is 2.26 bits per heavy atom. The summed E-state index contributed by atoms with van der Waals surface area (Å²) in [5, 5.41) is 10.6. The smallest absolute Gasteiger partial charge is 0.258 e. The van der Waals surface area contributed by atoms with E-state index in [1.165, 1.54) is 5.56 Å². The summed E-state index contributed by atoms with van der Waals surface area (Å²) in [5.74, 6) is 0.165. The van der Waals surface area contributed by atoms with E-state index in [-0.39, 0.29) is 28.7 Å². The Bertz CT molecular complexity index is 1280. The lowest BCUT2D eigenvalue weighted by molar-refractivity contribution is -0.0266. The first-order chi connectivity index (χ1) is 16.6. The van der Waals surface area contributed by atoms with Crippen molar-refractivity contribution >= 4 is 17.5 Å². The first-order valence-corrected chi connectivity index (χ1v) is 12.2. The van der Waals surface area contributed by atoms with Gasteiger partial charge >= 0.3 is 0 Å². The van der Waals surface area contributed by atoms with Crippen molar-refractivity contribution in [2.75, 3.05) is 18.5 Å². The molecule has 35 heavy (non-hydrogen) atoms. The van der Waals surface area contributed by atoms with E-state index in [0.29, 0.717) is 29.8 Å². The minimum Gasteiger partial charge on any atom is -0.508 e. The lowest BCUT2D eigenvalue weighted by atomic mass is 9.51. The zero-order chi connectivity index (χ0) is 25.0. The van der Waals surface area contributed by atoms with Gasteiger partial charge in [0.2, 0.25) is 0 Å². The van der Waals surface area contributed by atoms with Gasteiger partial charge in [-0.1, -0.05) is 51.1 Å². The number of para-hydroxylation sites is 1. The number of anilines is 1. The van der Waals surface area contributed by atoms with Gasteiger partial charge in [-0.2, -0.15) is 0 Å². The predicted octanol–water partition coefficient (Wildman–Crippen LogP) is 5.42. The van der Waals surface area contributed by atoms with Gasteiger partial charge in [-0.05, 0) is 71.8 Å². The van der Waals surface area contributed by atoms with Crippen LogP contribution >= 0.6 is 0 Å². The maximum absolute atomic E-state index is 13.7. The van der Waals surface area contributed by atoms with Crippen molar-refractivity contribution in [2.24, 2.45) is 5.41 Å². The fraction of sp³-hybridized carbons (Fsp3) is 0.333. The maximum Gasteiger partial charge on any atom is 0.258 e. The van der Waals surface area contributed by atoms with Gasteiger partial charge in [0.1, 0.15) is 5.75 Å². The molecule has 1 heterocycles. The van der Waals surface area contributed by atoms with Crippen molar-refractivity contribution in [1.29, 1.82) is 0 Å². The van der Waals surface area contributed by atoms with Crippen molar-refractivity contribution in [1.82, 2.24) is 4.90 Å². The molecule has 5 heteroatoms. The van der Waals surface area contributed by atoms with Crippen LogP contribution in [0.3, 0.4) is 0 Å². The molecule has 3 aromatic rings. The molecular weight excluding hydrogens is 436 g/mol. The van der Waals surface area contributed by atoms with Crippen LogP contribution in [0.1, 0.15) is 59.0 Å². The Hall–Kier alpha value is -3.60. The number of carbonyl (C=O) groups is 2. The van der Waals surface area contributed by atoms with Gasteiger partial charge in [-0.15, -0.1) is 0 Å². The third-order valence-corrected chi connectivity index (χ3v) is 8.72. The number of rotatable bonds is 3. The predicted molar refractivity (Wildman–Crippen MR) is 138 cm³/mol. The summed E-state index contributed by atoms with van der Waals surface area (Å²) in [6, 6.07) is 22.2. The number of nitrogens with zero attached hydrogens (tertiary/aromatic N) is 2. The van der Waals surface area contributed by atoms with E-state index in [0.717, 1.165) is 17.7 Å². The fourth-order valence-electron chi connectivity index (χ4n) is 6.05. The number of carbonyl (C=O) groups excluding carboxylic acids is 2. The molecule has 0 radical (unpaired) electrons. The molecule has 0 unspecified atom stereocenters. The van der Waals surface area contributed by atoms with Gasteiger partial charge in [0.25, 0.3) is 11.8 Å². The summed E-state index contributed by atoms with van der Waals surface area (Å²) in [7, 11) is 1.75. The Balaban J connectivity index is 1.41. The Labute approximate surface area is 207 Å². The summed E-state index contributed by atoms with van der Waals surface area (Å²) in [6.07, 6.45) is 1.46. The molecule has 2 bridgehead atoms. The van der Waals surface area contributed by atoms with Crippen molar-refractivity contribution in [3.63, 3.8) is 0 Å². The third kappa shape index (κ3) is 3.53. The van der Waals surface area contributed by atoms with Crippen LogP contribution in [0.25, 0.3) is 0 Å². The molecule has 5 rings (SSSR count). The Kier molecular flexibility index (Phi) is 5.47. The number of likely N-dealkylation sites (tertiary alicyclic amines) is 1. The largest absolute Gasteiger partial charge is 0.508 e. The van der Waals surface area contributed by atoms with E-state index in [4.69, 9.17) is 0 Å². The lowest BCUT2D eigenvalue weighted by Crippen LogP contribution is -2.64. The van der Waals surface area contributed by atoms with Crippen LogP contribution in [0.4, 0.5) is 5.69 Å². The number of phenolic OH excluding ortho intramolecular Hbond substituents is 1. The highest BCUT2D eigenvalue weighted by molar-refractivity contribution is 6.06. The first kappa shape index (κ1) is 23.2. The van der Waals surface area contributed by atoms with Crippen LogP contribution < -0.4 is 4.90 Å². The molecule has 1 aliphatic heterocycles. The number of piperidine rings is 1. The van der Waals surface area contributed by atoms with E-state index >= 15 is 0 Å². The SMILES string of the molecule is CN(C(=O)c1ccc(C(=O)N2CC[C@@]3(C)c4cccc(O)c4C[C@@H]2C3(C)C)cc1)c1ccccc1. The van der Waals surface area contributed by atoms with Gasteiger partial charge in [0.15, 0.2) is 0 Å². The molecule has 1 fully saturated rings. The normalized spacial score (nSPS) is 22.3. The van der Waals surface area contributed by atoms with E-state index in [1.807, 2.05) is 41.3 Å². The molecule has 1 aliphatic carbocycles. The Morgan fingerprint density at radius 2 is 1.57 bits per heavy atom. The van der Waals surface area contributed by atoms with Crippen LogP contribution in [0, 0.1) is 5.41 Å². The van der Waals surface area contributed by atoms with E-state index in [9.17, 15) is 14.7 Å². The second kappa shape index (κ2) is 8.26. The molecule has 0 aromatic heterocycles. The molecule has 1 N–H and O–H groups in total. The van der Waals surface area contributed by atoms with Gasteiger partial charge < -0.3 is 14.9 Å². The number of fused-ring (bicyclic) bond motifs is 4. The minimum atomic E-state index is -0.157. The summed E-state index contributed by atoms with van der Waals surface area (Å²) < 4.78 is 0. The average Bonchev–Trinajstić information content (AvgIpc) is 2.86. The van der Waals surface area contributed by atoms with E-state index in [1.54, 1.807) is 42.3 Å². The number of benzene rings is 3. The van der Waals surface area contributed by atoms with Crippen LogP contribution in [-0.2, 0) is 11.8 Å². The quantitative estimate of drug-likeness (QED) is 0.558. The molecule has 2 atom stereocenters. The van der Waals surface area contributed by atoms with Gasteiger partial charge in [0.05, 0.1) is 0 Å². The van der Waals surface area contributed by atoms with Crippen LogP contribution in [0.5, 0.6) is 5.75 Å². The van der Waals surface area contributed by atoms with Crippen molar-refractivity contribution in [3.05, 3.63) is 95.1 Å². The van der Waals surface area contributed by atoms with Crippen LogP contribution in [-0.4, -0.2) is 41.5 Å². The molecule has 0 spiro atoms. The molecule has 180 valence electrons. The van der Waals surface area contributed by atoms with E-state index in [2.05, 4.69) is 26.8 Å². The molecule has 0 saturated carbocycles. The number of hydrogen-bond acceptors (Lipinski definition) is 3. The first-order valence-electron chi connectivity index (χ1n) is 12.2. The second-order valence-electron chi connectivity index (χ2n) is 10.6. The van der Waals surface area contributed by atoms with Crippen molar-refractivity contribution < 1.29 is 14.7 Å². The molecule has 1 saturated heterocycles. The van der Waals surface area contributed by atoms with Crippen molar-refractivity contribution in [3.8, 4) is 5.75 Å². The van der Waals surface area contributed by atoms with Gasteiger partial charge in [0, 0.05) is 41.9 Å². The molecule has 2 amide bonds. The molecular formula is C30H32N2O3. The van der Waals surface area contributed by atoms with Crippen molar-refractivity contribution in [2.45, 2.75) is 45.1 Å². The third-order valence-electron chi connectivity index (χ3n) is 8.72. The summed E-state index contributed by atoms with van der Waals surface area (Å²) in [4.78, 5) is 30.2. The number of hydrogen-bond donors (Lipinski definition) is 1. The topological polar surface area (TPSA) is 60.9 Å². The Morgan fingerprint density at radius 1 is 0.914 bits per heavy atom. The summed E-state index contributed by atoms with van der Waals surface area (Å²) >= 11 is 0. The average molecular weight is 469 g/mol. The van der Waals surface area contributed by atoms with Crippen LogP contribution in [0.2, 0.25) is 0 Å². The van der Waals surface area contributed by atoms with Gasteiger partial charge in [-0.3, -0.25) is 9.59 Å². The zero-order valence-electron chi connectivity index (χ0n) is 20.8. The highest BCUT2D eigenvalue weighted by Crippen LogP contribution is 2.57. The number of aromatic hydroxyl groups is 1. The highest BCUT2D eigenvalue weighted by Gasteiger charge is 2.57. The number of phenols is 1. The fourth-order valence-corrected chi connectivity index (χ4v) is 6.05. The van der Waals surface area contributed by atoms with Gasteiger partial charge in [-0.25, -0.2) is 0 Å². The number of amides is 2. The standard InChI is InChI=1S/C30H32N2O3/c1-29(2)26-19-23-24(11-8-12-25(23)33)30(29,3)17-18-32(26)28(35)21-15-13-20(14-16-21)27(34)31(4)22-9-6-5-7-10-22/h5-16,26,33H,17-19H2,1-4H3/t26-,30+/m1/s1.